The van der Waals surface area contributed by atoms with Crippen LogP contribution in [0.15, 0.2) is 17.5 Å². The zero-order valence-corrected chi connectivity index (χ0v) is 14.1. The van der Waals surface area contributed by atoms with E-state index in [4.69, 9.17) is 0 Å². The van der Waals surface area contributed by atoms with Gasteiger partial charge in [-0.1, -0.05) is 6.07 Å². The quantitative estimate of drug-likeness (QED) is 0.923. The molecular formula is C17H23N3O2S. The van der Waals surface area contributed by atoms with E-state index in [1.165, 1.54) is 4.88 Å². The number of urea groups is 1. The molecule has 1 saturated carbocycles. The van der Waals surface area contributed by atoms with Crippen LogP contribution in [0.25, 0.3) is 0 Å². The first-order chi connectivity index (χ1) is 11.2. The summed E-state index contributed by atoms with van der Waals surface area (Å²) in [7, 11) is 0. The molecule has 0 aromatic carbocycles. The van der Waals surface area contributed by atoms with Gasteiger partial charge in [-0.25, -0.2) is 4.79 Å². The standard InChI is InChI=1S/C17H23N3O2S/c21-15(18-11-13-4-3-9-23-13)14-10-17(14)5-8-20(12-17)16(22)19-6-1-2-7-19/h3-4,9,14H,1-2,5-8,10-12H2,(H,18,21)/t14-,17+/m0/s1. The molecule has 4 rings (SSSR count). The molecule has 3 fully saturated rings. The Morgan fingerprint density at radius 2 is 2.09 bits per heavy atom. The van der Waals surface area contributed by atoms with Crippen molar-refractivity contribution in [2.45, 2.75) is 32.2 Å². The van der Waals surface area contributed by atoms with Gasteiger partial charge in [-0.15, -0.1) is 11.3 Å². The van der Waals surface area contributed by atoms with Crippen LogP contribution in [0.5, 0.6) is 0 Å². The highest BCUT2D eigenvalue weighted by Gasteiger charge is 2.61. The third-order valence-corrected chi connectivity index (χ3v) is 6.43. The van der Waals surface area contributed by atoms with E-state index in [-0.39, 0.29) is 23.3 Å². The Morgan fingerprint density at radius 3 is 2.83 bits per heavy atom. The monoisotopic (exact) mass is 333 g/mol. The second kappa shape index (κ2) is 5.82. The third-order valence-electron chi connectivity index (χ3n) is 5.56. The summed E-state index contributed by atoms with van der Waals surface area (Å²) in [6.07, 6.45) is 4.16. The number of likely N-dealkylation sites (tertiary alicyclic amines) is 2. The van der Waals surface area contributed by atoms with Crippen molar-refractivity contribution in [3.05, 3.63) is 22.4 Å². The number of rotatable bonds is 3. The van der Waals surface area contributed by atoms with Gasteiger partial charge in [0.15, 0.2) is 0 Å². The van der Waals surface area contributed by atoms with E-state index in [9.17, 15) is 9.59 Å². The highest BCUT2D eigenvalue weighted by molar-refractivity contribution is 7.09. The van der Waals surface area contributed by atoms with Gasteiger partial charge in [-0.3, -0.25) is 4.79 Å². The second-order valence-electron chi connectivity index (χ2n) is 7.06. The number of hydrogen-bond donors (Lipinski definition) is 1. The van der Waals surface area contributed by atoms with Crippen LogP contribution in [0.4, 0.5) is 4.79 Å². The number of carbonyl (C=O) groups is 2. The van der Waals surface area contributed by atoms with Crippen LogP contribution in [-0.2, 0) is 11.3 Å². The minimum atomic E-state index is 0.0644. The summed E-state index contributed by atoms with van der Waals surface area (Å²) in [5, 5.41) is 5.08. The summed E-state index contributed by atoms with van der Waals surface area (Å²) in [5.74, 6) is 0.257. The Labute approximate surface area is 140 Å². The maximum absolute atomic E-state index is 12.5. The van der Waals surface area contributed by atoms with E-state index in [0.29, 0.717) is 6.54 Å². The molecule has 6 heteroatoms. The maximum atomic E-state index is 12.5. The van der Waals surface area contributed by atoms with Gasteiger partial charge in [0.1, 0.15) is 0 Å². The predicted octanol–water partition coefficient (Wildman–Crippen LogP) is 2.29. The molecule has 2 atom stereocenters. The van der Waals surface area contributed by atoms with Crippen molar-refractivity contribution in [3.8, 4) is 0 Å². The first kappa shape index (κ1) is 15.0. The van der Waals surface area contributed by atoms with E-state index in [1.54, 1.807) is 11.3 Å². The van der Waals surface area contributed by atoms with Crippen molar-refractivity contribution < 1.29 is 9.59 Å². The molecule has 0 unspecified atom stereocenters. The van der Waals surface area contributed by atoms with E-state index in [2.05, 4.69) is 5.32 Å². The van der Waals surface area contributed by atoms with Crippen LogP contribution in [0, 0.1) is 11.3 Å². The summed E-state index contributed by atoms with van der Waals surface area (Å²) in [6.45, 7) is 3.99. The largest absolute Gasteiger partial charge is 0.351 e. The molecule has 1 N–H and O–H groups in total. The van der Waals surface area contributed by atoms with Gasteiger partial charge >= 0.3 is 6.03 Å². The number of nitrogens with one attached hydrogen (secondary N) is 1. The SMILES string of the molecule is O=C(NCc1cccs1)[C@@H]1C[C@@]12CCN(C(=O)N1CCCC1)C2. The van der Waals surface area contributed by atoms with Gasteiger partial charge < -0.3 is 15.1 Å². The van der Waals surface area contributed by atoms with Gasteiger partial charge in [0.2, 0.25) is 5.91 Å². The molecule has 3 aliphatic rings. The molecular weight excluding hydrogens is 310 g/mol. The lowest BCUT2D eigenvalue weighted by Crippen LogP contribution is -2.40. The fourth-order valence-corrected chi connectivity index (χ4v) is 4.69. The van der Waals surface area contributed by atoms with Crippen LogP contribution in [0.3, 0.4) is 0 Å². The zero-order chi connectivity index (χ0) is 15.9. The normalized spacial score (nSPS) is 29.3. The van der Waals surface area contributed by atoms with Gasteiger partial charge in [-0.2, -0.15) is 0 Å². The summed E-state index contributed by atoms with van der Waals surface area (Å²) < 4.78 is 0. The van der Waals surface area contributed by atoms with Gasteiger partial charge in [0, 0.05) is 42.4 Å². The van der Waals surface area contributed by atoms with E-state index < -0.39 is 0 Å². The highest BCUT2D eigenvalue weighted by Crippen LogP contribution is 2.58. The van der Waals surface area contributed by atoms with E-state index >= 15 is 0 Å². The first-order valence-electron chi connectivity index (χ1n) is 8.52. The van der Waals surface area contributed by atoms with Gasteiger partial charge in [0.25, 0.3) is 0 Å². The number of thiophene rings is 1. The lowest BCUT2D eigenvalue weighted by molar-refractivity contribution is -0.123. The molecule has 1 aliphatic carbocycles. The van der Waals surface area contributed by atoms with Crippen LogP contribution in [0.2, 0.25) is 0 Å². The summed E-state index contributed by atoms with van der Waals surface area (Å²) >= 11 is 1.67. The van der Waals surface area contributed by atoms with Gasteiger partial charge in [-0.05, 0) is 37.1 Å². The lowest BCUT2D eigenvalue weighted by atomic mass is 10.0. The predicted molar refractivity (Wildman–Crippen MR) is 89.1 cm³/mol. The molecule has 1 aromatic rings. The van der Waals surface area contributed by atoms with Crippen LogP contribution >= 0.6 is 11.3 Å². The van der Waals surface area contributed by atoms with Crippen molar-refractivity contribution in [1.82, 2.24) is 15.1 Å². The Kier molecular flexibility index (Phi) is 3.79. The molecule has 23 heavy (non-hydrogen) atoms. The number of carbonyl (C=O) groups excluding carboxylic acids is 2. The molecule has 0 bridgehead atoms. The van der Waals surface area contributed by atoms with Crippen LogP contribution in [-0.4, -0.2) is 47.9 Å². The Morgan fingerprint density at radius 1 is 1.26 bits per heavy atom. The fraction of sp³-hybridized carbons (Fsp3) is 0.647. The molecule has 2 saturated heterocycles. The summed E-state index contributed by atoms with van der Waals surface area (Å²) in [4.78, 5) is 30.0. The molecule has 0 radical (unpaired) electrons. The molecule has 1 spiro atoms. The van der Waals surface area contributed by atoms with Crippen molar-refractivity contribution in [2.75, 3.05) is 26.2 Å². The van der Waals surface area contributed by atoms with Crippen molar-refractivity contribution in [3.63, 3.8) is 0 Å². The molecule has 3 amide bonds. The molecule has 5 nitrogen and oxygen atoms in total. The molecule has 2 aliphatic heterocycles. The maximum Gasteiger partial charge on any atom is 0.320 e. The van der Waals surface area contributed by atoms with Gasteiger partial charge in [0.05, 0.1) is 6.54 Å². The zero-order valence-electron chi connectivity index (χ0n) is 13.3. The minimum Gasteiger partial charge on any atom is -0.351 e. The summed E-state index contributed by atoms with van der Waals surface area (Å²) in [6, 6.07) is 4.23. The topological polar surface area (TPSA) is 52.7 Å². The number of amides is 3. The molecule has 1 aromatic heterocycles. The summed E-state index contributed by atoms with van der Waals surface area (Å²) in [5.41, 5.74) is 0.0644. The third kappa shape index (κ3) is 2.84. The minimum absolute atomic E-state index is 0.0644. The first-order valence-corrected chi connectivity index (χ1v) is 9.40. The van der Waals surface area contributed by atoms with E-state index in [1.807, 2.05) is 27.3 Å². The van der Waals surface area contributed by atoms with Crippen molar-refractivity contribution >= 4 is 23.3 Å². The molecule has 124 valence electrons. The fourth-order valence-electron chi connectivity index (χ4n) is 4.05. The Hall–Kier alpha value is -1.56. The molecule has 3 heterocycles. The number of hydrogen-bond acceptors (Lipinski definition) is 3. The Balaban J connectivity index is 1.29. The average molecular weight is 333 g/mol. The highest BCUT2D eigenvalue weighted by atomic mass is 32.1. The van der Waals surface area contributed by atoms with Crippen LogP contribution < -0.4 is 5.32 Å². The van der Waals surface area contributed by atoms with E-state index in [0.717, 1.165) is 51.9 Å². The van der Waals surface area contributed by atoms with Crippen LogP contribution in [0.1, 0.15) is 30.6 Å². The Bertz CT molecular complexity index is 597. The van der Waals surface area contributed by atoms with Crippen molar-refractivity contribution in [1.29, 1.82) is 0 Å². The lowest BCUT2D eigenvalue weighted by Gasteiger charge is -2.24. The number of nitrogens with zero attached hydrogens (tertiary/aromatic N) is 2. The smallest absolute Gasteiger partial charge is 0.320 e. The second-order valence-corrected chi connectivity index (χ2v) is 8.10. The average Bonchev–Trinajstić information content (AvgIpc) is 3.07. The van der Waals surface area contributed by atoms with Crippen molar-refractivity contribution in [2.24, 2.45) is 11.3 Å².